The number of nitrogens with zero attached hydrogens (tertiary/aromatic N) is 5. The lowest BCUT2D eigenvalue weighted by atomic mass is 9.87. The summed E-state index contributed by atoms with van der Waals surface area (Å²) in [6.07, 6.45) is 10.2. The Hall–Kier alpha value is -3.81. The molecular weight excluding hydrogens is 478 g/mol. The summed E-state index contributed by atoms with van der Waals surface area (Å²) in [5.74, 6) is 0.583. The molecule has 6 rings (SSSR count). The van der Waals surface area contributed by atoms with E-state index in [-0.39, 0.29) is 29.7 Å². The number of carbonyl (C=O) groups is 2. The van der Waals surface area contributed by atoms with Crippen LogP contribution in [0.3, 0.4) is 0 Å². The van der Waals surface area contributed by atoms with E-state index in [4.69, 9.17) is 4.98 Å². The molecule has 1 unspecified atom stereocenters. The van der Waals surface area contributed by atoms with Crippen LogP contribution >= 0.6 is 0 Å². The van der Waals surface area contributed by atoms with Crippen LogP contribution in [0.2, 0.25) is 0 Å². The normalized spacial score (nSPS) is 21.5. The number of aromatic nitrogens is 3. The second kappa shape index (κ2) is 10.2. The molecule has 1 aromatic carbocycles. The van der Waals surface area contributed by atoms with Gasteiger partial charge in [0, 0.05) is 49.6 Å². The molecule has 0 N–H and O–H groups in total. The van der Waals surface area contributed by atoms with Gasteiger partial charge in [-0.05, 0) is 43.4 Å². The summed E-state index contributed by atoms with van der Waals surface area (Å²) in [5.41, 5.74) is 1.45. The Morgan fingerprint density at radius 2 is 1.68 bits per heavy atom. The molecule has 1 saturated heterocycles. The molecule has 8 heteroatoms. The van der Waals surface area contributed by atoms with Gasteiger partial charge >= 0.3 is 0 Å². The van der Waals surface area contributed by atoms with Crippen LogP contribution in [0.15, 0.2) is 65.7 Å². The number of rotatable bonds is 4. The summed E-state index contributed by atoms with van der Waals surface area (Å²) in [5, 5.41) is 0. The van der Waals surface area contributed by atoms with Crippen molar-refractivity contribution in [3.8, 4) is 11.3 Å². The molecule has 3 aromatic rings. The number of benzene rings is 1. The van der Waals surface area contributed by atoms with Crippen LogP contribution < -0.4 is 10.5 Å². The van der Waals surface area contributed by atoms with Crippen LogP contribution in [0.1, 0.15) is 50.5 Å². The molecule has 38 heavy (non-hydrogen) atoms. The molecule has 2 aliphatic heterocycles. The number of hydrogen-bond donors (Lipinski definition) is 0. The molecule has 2 fully saturated rings. The van der Waals surface area contributed by atoms with Gasteiger partial charge < -0.3 is 4.90 Å². The predicted molar refractivity (Wildman–Crippen MR) is 144 cm³/mol. The van der Waals surface area contributed by atoms with Crippen molar-refractivity contribution in [2.24, 2.45) is 5.92 Å². The summed E-state index contributed by atoms with van der Waals surface area (Å²) < 4.78 is 1.62. The minimum Gasteiger partial charge on any atom is -0.340 e. The summed E-state index contributed by atoms with van der Waals surface area (Å²) in [7, 11) is 0. The van der Waals surface area contributed by atoms with Gasteiger partial charge in [0.25, 0.3) is 5.56 Å². The van der Waals surface area contributed by atoms with E-state index in [9.17, 15) is 14.4 Å². The van der Waals surface area contributed by atoms with E-state index in [0.29, 0.717) is 44.1 Å². The minimum absolute atomic E-state index is 0.0854. The maximum absolute atomic E-state index is 14.1. The van der Waals surface area contributed by atoms with Gasteiger partial charge in [-0.25, -0.2) is 4.98 Å². The Morgan fingerprint density at radius 1 is 0.947 bits per heavy atom. The molecule has 3 aliphatic rings. The minimum atomic E-state index is -0.577. The average Bonchev–Trinajstić information content (AvgIpc) is 3.37. The van der Waals surface area contributed by atoms with Crippen LogP contribution in [0.4, 0.5) is 5.95 Å². The zero-order valence-electron chi connectivity index (χ0n) is 21.6. The second-order valence-electron chi connectivity index (χ2n) is 10.9. The molecule has 1 aliphatic carbocycles. The SMILES string of the molecule is O=C(C1CCCCC1)N1CCC2(CCn3c(nc(-c4ccncc4)cc3=O)N2C(=O)Cc2ccccc2)C1. The number of amides is 2. The maximum atomic E-state index is 14.1. The molecule has 0 radical (unpaired) electrons. The fourth-order valence-corrected chi connectivity index (χ4v) is 6.45. The lowest BCUT2D eigenvalue weighted by Gasteiger charge is -2.45. The van der Waals surface area contributed by atoms with Crippen molar-refractivity contribution in [3.63, 3.8) is 0 Å². The van der Waals surface area contributed by atoms with Crippen molar-refractivity contribution in [3.05, 3.63) is 76.8 Å². The zero-order chi connectivity index (χ0) is 26.1. The maximum Gasteiger partial charge on any atom is 0.255 e. The number of hydrogen-bond acceptors (Lipinski definition) is 5. The van der Waals surface area contributed by atoms with Gasteiger partial charge in [0.05, 0.1) is 17.7 Å². The number of likely N-dealkylation sites (tertiary alicyclic amines) is 1. The van der Waals surface area contributed by atoms with E-state index >= 15 is 0 Å². The van der Waals surface area contributed by atoms with Gasteiger partial charge in [-0.1, -0.05) is 49.6 Å². The first-order chi connectivity index (χ1) is 18.5. The fraction of sp³-hybridized carbons (Fsp3) is 0.433. The highest BCUT2D eigenvalue weighted by Gasteiger charge is 2.51. The van der Waals surface area contributed by atoms with E-state index in [1.165, 1.54) is 12.5 Å². The van der Waals surface area contributed by atoms with Crippen molar-refractivity contribution in [2.75, 3.05) is 18.0 Å². The number of anilines is 1. The highest BCUT2D eigenvalue weighted by atomic mass is 16.2. The molecule has 0 bridgehead atoms. The summed E-state index contributed by atoms with van der Waals surface area (Å²) in [6.45, 7) is 1.58. The Kier molecular flexibility index (Phi) is 6.55. The highest BCUT2D eigenvalue weighted by Crippen LogP contribution is 2.40. The van der Waals surface area contributed by atoms with Crippen molar-refractivity contribution in [2.45, 2.75) is 63.5 Å². The van der Waals surface area contributed by atoms with Crippen molar-refractivity contribution in [1.82, 2.24) is 19.4 Å². The molecule has 8 nitrogen and oxygen atoms in total. The topological polar surface area (TPSA) is 88.4 Å². The van der Waals surface area contributed by atoms with Crippen LogP contribution in [-0.2, 0) is 22.6 Å². The molecule has 1 saturated carbocycles. The monoisotopic (exact) mass is 511 g/mol. The Labute approximate surface area is 222 Å². The Bertz CT molecular complexity index is 1380. The number of pyridine rings is 1. The molecule has 2 amide bonds. The van der Waals surface area contributed by atoms with Gasteiger partial charge in [-0.15, -0.1) is 0 Å². The molecule has 4 heterocycles. The Balaban J connectivity index is 1.39. The standard InChI is InChI=1S/C30H33N5O3/c36-26-20-25(23-11-15-31-16-12-23)32-29-34(26)18-14-30(35(29)27(37)19-22-7-3-1-4-8-22)13-17-33(21-30)28(38)24-9-5-2-6-10-24/h1,3-4,7-8,11-12,15-16,20,24H,2,5-6,9-10,13-14,17-19,21H2. The second-order valence-corrected chi connectivity index (χ2v) is 10.9. The third kappa shape index (κ3) is 4.52. The van der Waals surface area contributed by atoms with E-state index in [1.807, 2.05) is 47.4 Å². The molecule has 1 atom stereocenters. The first-order valence-electron chi connectivity index (χ1n) is 13.7. The molecular formula is C30H33N5O3. The van der Waals surface area contributed by atoms with Gasteiger partial charge in [-0.3, -0.25) is 28.8 Å². The highest BCUT2D eigenvalue weighted by molar-refractivity contribution is 5.95. The zero-order valence-corrected chi connectivity index (χ0v) is 21.6. The summed E-state index contributed by atoms with van der Waals surface area (Å²) in [6, 6.07) is 14.8. The Morgan fingerprint density at radius 3 is 2.45 bits per heavy atom. The van der Waals surface area contributed by atoms with Crippen LogP contribution in [-0.4, -0.2) is 49.9 Å². The van der Waals surface area contributed by atoms with E-state index in [0.717, 1.165) is 36.8 Å². The van der Waals surface area contributed by atoms with Gasteiger partial charge in [0.1, 0.15) is 0 Å². The largest absolute Gasteiger partial charge is 0.340 e. The van der Waals surface area contributed by atoms with Crippen LogP contribution in [0.25, 0.3) is 11.3 Å². The average molecular weight is 512 g/mol. The van der Waals surface area contributed by atoms with E-state index in [1.54, 1.807) is 21.9 Å². The predicted octanol–water partition coefficient (Wildman–Crippen LogP) is 3.84. The van der Waals surface area contributed by atoms with Crippen LogP contribution in [0.5, 0.6) is 0 Å². The third-order valence-electron chi connectivity index (χ3n) is 8.49. The molecule has 1 spiro atoms. The van der Waals surface area contributed by atoms with E-state index < -0.39 is 5.54 Å². The quantitative estimate of drug-likeness (QED) is 0.531. The summed E-state index contributed by atoms with van der Waals surface area (Å²) >= 11 is 0. The van der Waals surface area contributed by atoms with Crippen LogP contribution in [0, 0.1) is 5.92 Å². The lowest BCUT2D eigenvalue weighted by Crippen LogP contribution is -2.60. The lowest BCUT2D eigenvalue weighted by molar-refractivity contribution is -0.136. The number of carbonyl (C=O) groups excluding carboxylic acids is 2. The van der Waals surface area contributed by atoms with Crippen molar-refractivity contribution in [1.29, 1.82) is 0 Å². The first kappa shape index (κ1) is 24.5. The number of fused-ring (bicyclic) bond motifs is 1. The van der Waals surface area contributed by atoms with Gasteiger partial charge in [-0.2, -0.15) is 0 Å². The third-order valence-corrected chi connectivity index (χ3v) is 8.49. The smallest absolute Gasteiger partial charge is 0.255 e. The molecule has 196 valence electrons. The van der Waals surface area contributed by atoms with Gasteiger partial charge in [0.15, 0.2) is 0 Å². The van der Waals surface area contributed by atoms with E-state index in [2.05, 4.69) is 4.98 Å². The summed E-state index contributed by atoms with van der Waals surface area (Å²) in [4.78, 5) is 53.6. The van der Waals surface area contributed by atoms with Gasteiger partial charge in [0.2, 0.25) is 17.8 Å². The van der Waals surface area contributed by atoms with Crippen molar-refractivity contribution >= 4 is 17.8 Å². The fourth-order valence-electron chi connectivity index (χ4n) is 6.45. The first-order valence-corrected chi connectivity index (χ1v) is 13.7. The van der Waals surface area contributed by atoms with Crippen molar-refractivity contribution < 1.29 is 9.59 Å². The molecule has 2 aromatic heterocycles.